The van der Waals surface area contributed by atoms with Crippen LogP contribution in [0.15, 0.2) is 42.5 Å². The second-order valence-corrected chi connectivity index (χ2v) is 6.10. The Morgan fingerprint density at radius 2 is 1.85 bits per heavy atom. The van der Waals surface area contributed by atoms with Gasteiger partial charge in [-0.3, -0.25) is 30.6 Å². The zero-order valence-electron chi connectivity index (χ0n) is 14.5. The number of ether oxygens (including phenoxy) is 1. The maximum Gasteiger partial charge on any atom is 0.269 e. The number of hydrazine groups is 1. The first-order valence-corrected chi connectivity index (χ1v) is 8.47. The van der Waals surface area contributed by atoms with Gasteiger partial charge in [-0.15, -0.1) is 0 Å². The number of non-ortho nitro benzene ring substituents is 1. The van der Waals surface area contributed by atoms with Crippen molar-refractivity contribution in [2.45, 2.75) is 19.8 Å². The fourth-order valence-electron chi connectivity index (χ4n) is 2.19. The molecule has 0 aromatic heterocycles. The lowest BCUT2D eigenvalue weighted by Crippen LogP contribution is -2.41. The molecule has 2 aromatic rings. The average molecular weight is 392 g/mol. The molecule has 0 atom stereocenters. The molecule has 0 radical (unpaired) electrons. The number of benzene rings is 2. The minimum Gasteiger partial charge on any atom is -0.493 e. The molecule has 0 unspecified atom stereocenters. The molecule has 0 aliphatic carbocycles. The molecule has 2 rings (SSSR count). The van der Waals surface area contributed by atoms with Crippen LogP contribution in [0.25, 0.3) is 0 Å². The SMILES string of the molecule is Cc1cc(Cl)ccc1OCCCC(=O)NNC(=O)c1ccc([N+](=O)[O-])cc1. The molecule has 2 N–H and O–H groups in total. The third-order valence-electron chi connectivity index (χ3n) is 3.60. The molecular weight excluding hydrogens is 374 g/mol. The van der Waals surface area contributed by atoms with E-state index in [1.54, 1.807) is 18.2 Å². The Labute approximate surface area is 160 Å². The number of halogens is 1. The van der Waals surface area contributed by atoms with E-state index in [1.807, 2.05) is 6.92 Å². The second-order valence-electron chi connectivity index (χ2n) is 5.67. The van der Waals surface area contributed by atoms with Crippen molar-refractivity contribution in [3.05, 3.63) is 68.7 Å². The summed E-state index contributed by atoms with van der Waals surface area (Å²) in [6.45, 7) is 2.22. The van der Waals surface area contributed by atoms with Crippen LogP contribution in [-0.2, 0) is 4.79 Å². The van der Waals surface area contributed by atoms with Crippen molar-refractivity contribution in [1.82, 2.24) is 10.9 Å². The van der Waals surface area contributed by atoms with Crippen molar-refractivity contribution < 1.29 is 19.2 Å². The van der Waals surface area contributed by atoms with E-state index >= 15 is 0 Å². The Hall–Kier alpha value is -3.13. The zero-order valence-corrected chi connectivity index (χ0v) is 15.3. The van der Waals surface area contributed by atoms with Crippen LogP contribution in [0.3, 0.4) is 0 Å². The van der Waals surface area contributed by atoms with Gasteiger partial charge < -0.3 is 4.74 Å². The van der Waals surface area contributed by atoms with Gasteiger partial charge in [0.15, 0.2) is 0 Å². The number of hydrogen-bond acceptors (Lipinski definition) is 5. The molecule has 0 spiro atoms. The third kappa shape index (κ3) is 6.27. The molecule has 0 saturated carbocycles. The van der Waals surface area contributed by atoms with E-state index in [4.69, 9.17) is 16.3 Å². The average Bonchev–Trinajstić information content (AvgIpc) is 2.64. The van der Waals surface area contributed by atoms with E-state index in [1.165, 1.54) is 24.3 Å². The highest BCUT2D eigenvalue weighted by Crippen LogP contribution is 2.21. The van der Waals surface area contributed by atoms with Crippen molar-refractivity contribution in [3.8, 4) is 5.75 Å². The van der Waals surface area contributed by atoms with Gasteiger partial charge in [0.2, 0.25) is 5.91 Å². The van der Waals surface area contributed by atoms with Crippen molar-refractivity contribution >= 4 is 29.1 Å². The Bertz CT molecular complexity index is 839. The summed E-state index contributed by atoms with van der Waals surface area (Å²) < 4.78 is 5.59. The van der Waals surface area contributed by atoms with Crippen molar-refractivity contribution in [2.75, 3.05) is 6.61 Å². The highest BCUT2D eigenvalue weighted by Gasteiger charge is 2.10. The lowest BCUT2D eigenvalue weighted by Gasteiger charge is -2.10. The number of carbonyl (C=O) groups excluding carboxylic acids is 2. The molecule has 0 saturated heterocycles. The van der Waals surface area contributed by atoms with Crippen molar-refractivity contribution in [2.24, 2.45) is 0 Å². The number of rotatable bonds is 7. The van der Waals surface area contributed by atoms with Crippen LogP contribution in [0.2, 0.25) is 5.02 Å². The molecule has 2 amide bonds. The number of amides is 2. The number of aryl methyl sites for hydroxylation is 1. The number of nitro benzene ring substituents is 1. The Morgan fingerprint density at radius 1 is 1.15 bits per heavy atom. The predicted octanol–water partition coefficient (Wildman–Crippen LogP) is 3.18. The molecule has 0 heterocycles. The lowest BCUT2D eigenvalue weighted by atomic mass is 10.2. The highest BCUT2D eigenvalue weighted by molar-refractivity contribution is 6.30. The minimum absolute atomic E-state index is 0.119. The number of nitro groups is 1. The fraction of sp³-hybridized carbons (Fsp3) is 0.222. The predicted molar refractivity (Wildman–Crippen MR) is 99.6 cm³/mol. The summed E-state index contributed by atoms with van der Waals surface area (Å²) in [4.78, 5) is 33.7. The van der Waals surface area contributed by atoms with Crippen LogP contribution >= 0.6 is 11.6 Å². The first kappa shape index (κ1) is 20.2. The highest BCUT2D eigenvalue weighted by atomic mass is 35.5. The molecule has 27 heavy (non-hydrogen) atoms. The summed E-state index contributed by atoms with van der Waals surface area (Å²) in [5.41, 5.74) is 5.53. The molecule has 142 valence electrons. The maximum absolute atomic E-state index is 11.9. The fourth-order valence-corrected chi connectivity index (χ4v) is 2.41. The monoisotopic (exact) mass is 391 g/mol. The first-order valence-electron chi connectivity index (χ1n) is 8.09. The van der Waals surface area contributed by atoms with Gasteiger partial charge in [0, 0.05) is 29.1 Å². The van der Waals surface area contributed by atoms with Crippen LogP contribution in [0.5, 0.6) is 5.75 Å². The van der Waals surface area contributed by atoms with E-state index in [-0.39, 0.29) is 23.6 Å². The smallest absolute Gasteiger partial charge is 0.269 e. The van der Waals surface area contributed by atoms with E-state index in [0.717, 1.165) is 5.56 Å². The van der Waals surface area contributed by atoms with Gasteiger partial charge in [-0.2, -0.15) is 0 Å². The molecule has 2 aromatic carbocycles. The summed E-state index contributed by atoms with van der Waals surface area (Å²) in [5, 5.41) is 11.2. The number of carbonyl (C=O) groups is 2. The lowest BCUT2D eigenvalue weighted by molar-refractivity contribution is -0.384. The second kappa shape index (κ2) is 9.54. The summed E-state index contributed by atoms with van der Waals surface area (Å²) in [6.07, 6.45) is 0.620. The number of hydrogen-bond donors (Lipinski definition) is 2. The largest absolute Gasteiger partial charge is 0.493 e. The zero-order chi connectivity index (χ0) is 19.8. The molecule has 8 nitrogen and oxygen atoms in total. The van der Waals surface area contributed by atoms with Crippen LogP contribution in [-0.4, -0.2) is 23.3 Å². The molecule has 0 aliphatic rings. The quantitative estimate of drug-likeness (QED) is 0.428. The van der Waals surface area contributed by atoms with Gasteiger partial charge >= 0.3 is 0 Å². The van der Waals surface area contributed by atoms with Crippen LogP contribution in [0.1, 0.15) is 28.8 Å². The molecule has 0 aliphatic heterocycles. The van der Waals surface area contributed by atoms with Crippen LogP contribution in [0, 0.1) is 17.0 Å². The van der Waals surface area contributed by atoms with Gasteiger partial charge in [-0.25, -0.2) is 0 Å². The van der Waals surface area contributed by atoms with Crippen molar-refractivity contribution in [3.63, 3.8) is 0 Å². The first-order chi connectivity index (χ1) is 12.9. The van der Waals surface area contributed by atoms with Gasteiger partial charge in [0.25, 0.3) is 11.6 Å². The Balaban J connectivity index is 1.69. The minimum atomic E-state index is -0.564. The topological polar surface area (TPSA) is 111 Å². The standard InChI is InChI=1S/C18H18ClN3O5/c1-12-11-14(19)6-9-16(12)27-10-2-3-17(23)20-21-18(24)13-4-7-15(8-5-13)22(25)26/h4-9,11H,2-3,10H2,1H3,(H,20,23)(H,21,24). The van der Waals surface area contributed by atoms with Crippen LogP contribution < -0.4 is 15.6 Å². The van der Waals surface area contributed by atoms with Gasteiger partial charge in [-0.1, -0.05) is 11.6 Å². The van der Waals surface area contributed by atoms with Gasteiger partial charge in [0.1, 0.15) is 5.75 Å². The molecular formula is C18H18ClN3O5. The van der Waals surface area contributed by atoms with E-state index in [9.17, 15) is 19.7 Å². The third-order valence-corrected chi connectivity index (χ3v) is 3.83. The normalized spacial score (nSPS) is 10.1. The Kier molecular flexibility index (Phi) is 7.13. The summed E-state index contributed by atoms with van der Waals surface area (Å²) in [6, 6.07) is 10.3. The maximum atomic E-state index is 11.9. The van der Waals surface area contributed by atoms with E-state index < -0.39 is 10.8 Å². The van der Waals surface area contributed by atoms with Gasteiger partial charge in [0.05, 0.1) is 11.5 Å². The van der Waals surface area contributed by atoms with Gasteiger partial charge in [-0.05, 0) is 49.2 Å². The van der Waals surface area contributed by atoms with Crippen molar-refractivity contribution in [1.29, 1.82) is 0 Å². The van der Waals surface area contributed by atoms with E-state index in [2.05, 4.69) is 10.9 Å². The molecule has 0 fully saturated rings. The summed E-state index contributed by atoms with van der Waals surface area (Å²) in [7, 11) is 0. The molecule has 9 heteroatoms. The number of nitrogens with one attached hydrogen (secondary N) is 2. The van der Waals surface area contributed by atoms with E-state index in [0.29, 0.717) is 23.8 Å². The summed E-state index contributed by atoms with van der Waals surface area (Å²) >= 11 is 5.87. The molecule has 0 bridgehead atoms. The Morgan fingerprint density at radius 3 is 2.48 bits per heavy atom. The van der Waals surface area contributed by atoms with Crippen LogP contribution in [0.4, 0.5) is 5.69 Å². The number of nitrogens with zero attached hydrogens (tertiary/aromatic N) is 1. The summed E-state index contributed by atoms with van der Waals surface area (Å²) in [5.74, 6) is -0.237.